The first-order valence-electron chi connectivity index (χ1n) is 9.05. The van der Waals surface area contributed by atoms with Crippen molar-refractivity contribution in [1.82, 2.24) is 4.90 Å². The van der Waals surface area contributed by atoms with Crippen LogP contribution < -0.4 is 0 Å². The number of hydrogen-bond acceptors (Lipinski definition) is 4. The summed E-state index contributed by atoms with van der Waals surface area (Å²) in [5.74, 6) is 0.186. The van der Waals surface area contributed by atoms with Crippen LogP contribution in [-0.2, 0) is 9.47 Å². The van der Waals surface area contributed by atoms with Gasteiger partial charge in [-0.1, -0.05) is 34.6 Å². The molecule has 1 aliphatic heterocycles. The number of ether oxygens (including phenoxy) is 2. The molecule has 4 nitrogen and oxygen atoms in total. The molecule has 2 aliphatic rings. The number of aliphatic hydroxyl groups is 1. The Balaban J connectivity index is 1.91. The molecule has 1 N–H and O–H groups in total. The van der Waals surface area contributed by atoms with E-state index in [0.29, 0.717) is 11.3 Å². The van der Waals surface area contributed by atoms with Crippen molar-refractivity contribution in [1.29, 1.82) is 0 Å². The van der Waals surface area contributed by atoms with E-state index in [-0.39, 0.29) is 6.10 Å². The fourth-order valence-electron chi connectivity index (χ4n) is 3.89. The fourth-order valence-corrected chi connectivity index (χ4v) is 3.89. The van der Waals surface area contributed by atoms with Gasteiger partial charge in [0.05, 0.1) is 0 Å². The zero-order valence-electron chi connectivity index (χ0n) is 15.1. The lowest BCUT2D eigenvalue weighted by molar-refractivity contribution is -0.222. The van der Waals surface area contributed by atoms with Crippen LogP contribution in [-0.4, -0.2) is 47.8 Å². The van der Waals surface area contributed by atoms with E-state index >= 15 is 0 Å². The minimum atomic E-state index is -0.780. The molecule has 130 valence electrons. The first-order valence-corrected chi connectivity index (χ1v) is 9.05. The van der Waals surface area contributed by atoms with Crippen molar-refractivity contribution in [2.75, 3.05) is 19.6 Å². The summed E-state index contributed by atoms with van der Waals surface area (Å²) in [6, 6.07) is 0. The zero-order valence-corrected chi connectivity index (χ0v) is 15.1. The number of hydrogen-bond donors (Lipinski definition) is 1. The molecule has 1 saturated heterocycles. The van der Waals surface area contributed by atoms with Gasteiger partial charge in [0.15, 0.2) is 12.1 Å². The normalized spacial score (nSPS) is 36.4. The van der Waals surface area contributed by atoms with Gasteiger partial charge in [0.1, 0.15) is 6.10 Å². The minimum absolute atomic E-state index is 0.210. The van der Waals surface area contributed by atoms with Crippen LogP contribution in [0.4, 0.5) is 0 Å². The van der Waals surface area contributed by atoms with E-state index in [1.807, 2.05) is 0 Å². The summed E-state index contributed by atoms with van der Waals surface area (Å²) in [7, 11) is 0. The molecule has 1 spiro atoms. The second-order valence-electron chi connectivity index (χ2n) is 8.11. The molecule has 2 unspecified atom stereocenters. The molecule has 4 heteroatoms. The molecule has 0 aromatic heterocycles. The van der Waals surface area contributed by atoms with Crippen molar-refractivity contribution in [3.63, 3.8) is 0 Å². The van der Waals surface area contributed by atoms with Crippen LogP contribution in [0.5, 0.6) is 0 Å². The molecule has 2 fully saturated rings. The SMILES string of the molecule is CCCN(CC)CC1OC2(CCC(C(C)(C)C)CC2)OC1O. The summed E-state index contributed by atoms with van der Waals surface area (Å²) in [4.78, 5) is 2.33. The Labute approximate surface area is 136 Å². The molecular weight excluding hydrogens is 278 g/mol. The van der Waals surface area contributed by atoms with Crippen LogP contribution in [0.15, 0.2) is 0 Å². The van der Waals surface area contributed by atoms with Gasteiger partial charge in [-0.3, -0.25) is 0 Å². The third-order valence-corrected chi connectivity index (χ3v) is 5.42. The van der Waals surface area contributed by atoms with Crippen molar-refractivity contribution in [3.8, 4) is 0 Å². The van der Waals surface area contributed by atoms with E-state index in [1.165, 1.54) is 0 Å². The van der Waals surface area contributed by atoms with Crippen LogP contribution in [0.1, 0.15) is 66.7 Å². The maximum atomic E-state index is 10.3. The number of rotatable bonds is 5. The third-order valence-electron chi connectivity index (χ3n) is 5.42. The lowest BCUT2D eigenvalue weighted by Crippen LogP contribution is -2.40. The van der Waals surface area contributed by atoms with Crippen LogP contribution in [0.3, 0.4) is 0 Å². The van der Waals surface area contributed by atoms with Crippen LogP contribution in [0.25, 0.3) is 0 Å². The highest BCUT2D eigenvalue weighted by atomic mass is 16.8. The van der Waals surface area contributed by atoms with Gasteiger partial charge in [-0.05, 0) is 43.7 Å². The van der Waals surface area contributed by atoms with Crippen LogP contribution in [0.2, 0.25) is 0 Å². The molecule has 0 aromatic carbocycles. The van der Waals surface area contributed by atoms with Crippen molar-refractivity contribution in [2.45, 2.75) is 84.9 Å². The molecule has 22 heavy (non-hydrogen) atoms. The van der Waals surface area contributed by atoms with E-state index in [2.05, 4.69) is 39.5 Å². The Kier molecular flexibility index (Phi) is 5.92. The highest BCUT2D eigenvalue weighted by Gasteiger charge is 2.50. The zero-order chi connectivity index (χ0) is 16.4. The average Bonchev–Trinajstić information content (AvgIpc) is 2.73. The van der Waals surface area contributed by atoms with Gasteiger partial charge < -0.3 is 19.5 Å². The summed E-state index contributed by atoms with van der Waals surface area (Å²) in [5.41, 5.74) is 0.346. The molecule has 0 amide bonds. The Morgan fingerprint density at radius 2 is 1.77 bits per heavy atom. The molecule has 0 bridgehead atoms. The van der Waals surface area contributed by atoms with E-state index in [9.17, 15) is 5.11 Å². The summed E-state index contributed by atoms with van der Waals surface area (Å²) in [6.07, 6.45) is 4.18. The van der Waals surface area contributed by atoms with Crippen molar-refractivity contribution in [2.24, 2.45) is 11.3 Å². The predicted octanol–water partition coefficient (Wildman–Crippen LogP) is 3.38. The number of aliphatic hydroxyl groups excluding tert-OH is 1. The molecule has 1 aliphatic carbocycles. The van der Waals surface area contributed by atoms with Gasteiger partial charge >= 0.3 is 0 Å². The fraction of sp³-hybridized carbons (Fsp3) is 1.00. The molecule has 0 aromatic rings. The smallest absolute Gasteiger partial charge is 0.185 e. The summed E-state index contributed by atoms with van der Waals surface area (Å²) in [6.45, 7) is 14.1. The first kappa shape index (κ1) is 18.2. The summed E-state index contributed by atoms with van der Waals surface area (Å²) in [5, 5.41) is 10.3. The van der Waals surface area contributed by atoms with Crippen molar-refractivity contribution >= 4 is 0 Å². The molecular formula is C18H35NO3. The highest BCUT2D eigenvalue weighted by molar-refractivity contribution is 4.90. The van der Waals surface area contributed by atoms with Gasteiger partial charge in [0.2, 0.25) is 0 Å². The van der Waals surface area contributed by atoms with Gasteiger partial charge in [-0.25, -0.2) is 0 Å². The van der Waals surface area contributed by atoms with E-state index in [1.54, 1.807) is 0 Å². The van der Waals surface area contributed by atoms with Gasteiger partial charge in [0.25, 0.3) is 0 Å². The lowest BCUT2D eigenvalue weighted by atomic mass is 9.71. The largest absolute Gasteiger partial charge is 0.366 e. The van der Waals surface area contributed by atoms with Gasteiger partial charge in [-0.15, -0.1) is 0 Å². The summed E-state index contributed by atoms with van der Waals surface area (Å²) < 4.78 is 12.1. The first-order chi connectivity index (χ1) is 10.3. The lowest BCUT2D eigenvalue weighted by Gasteiger charge is -2.41. The highest BCUT2D eigenvalue weighted by Crippen LogP contribution is 2.46. The Morgan fingerprint density at radius 1 is 1.14 bits per heavy atom. The second-order valence-corrected chi connectivity index (χ2v) is 8.11. The Morgan fingerprint density at radius 3 is 2.27 bits per heavy atom. The van der Waals surface area contributed by atoms with E-state index in [0.717, 1.165) is 51.7 Å². The van der Waals surface area contributed by atoms with Crippen molar-refractivity contribution in [3.05, 3.63) is 0 Å². The molecule has 1 heterocycles. The molecule has 1 saturated carbocycles. The topological polar surface area (TPSA) is 41.9 Å². The van der Waals surface area contributed by atoms with Crippen molar-refractivity contribution < 1.29 is 14.6 Å². The Hall–Kier alpha value is -0.160. The van der Waals surface area contributed by atoms with E-state index in [4.69, 9.17) is 9.47 Å². The predicted molar refractivity (Wildman–Crippen MR) is 88.5 cm³/mol. The molecule has 2 rings (SSSR count). The van der Waals surface area contributed by atoms with Gasteiger partial charge in [0, 0.05) is 19.4 Å². The van der Waals surface area contributed by atoms with Crippen LogP contribution >= 0.6 is 0 Å². The quantitative estimate of drug-likeness (QED) is 0.845. The second kappa shape index (κ2) is 7.16. The average molecular weight is 313 g/mol. The maximum absolute atomic E-state index is 10.3. The third kappa shape index (κ3) is 4.22. The molecule has 2 atom stereocenters. The number of nitrogens with zero attached hydrogens (tertiary/aromatic N) is 1. The monoisotopic (exact) mass is 313 g/mol. The minimum Gasteiger partial charge on any atom is -0.366 e. The van der Waals surface area contributed by atoms with Crippen LogP contribution in [0, 0.1) is 11.3 Å². The van der Waals surface area contributed by atoms with E-state index < -0.39 is 12.1 Å². The molecule has 0 radical (unpaired) electrons. The standard InChI is InChI=1S/C18H35NO3/c1-6-12-19(7-2)13-15-16(20)22-18(21-15)10-8-14(9-11-18)17(3,4)5/h14-16,20H,6-13H2,1-5H3. The maximum Gasteiger partial charge on any atom is 0.185 e. The Bertz CT molecular complexity index is 345. The summed E-state index contributed by atoms with van der Waals surface area (Å²) >= 11 is 0. The van der Waals surface area contributed by atoms with Gasteiger partial charge in [-0.2, -0.15) is 0 Å². The number of likely N-dealkylation sites (N-methyl/N-ethyl adjacent to an activating group) is 1.